The third kappa shape index (κ3) is 2.80. The quantitative estimate of drug-likeness (QED) is 0.806. The summed E-state index contributed by atoms with van der Waals surface area (Å²) in [6, 6.07) is 12.8. The van der Waals surface area contributed by atoms with Gasteiger partial charge in [-0.15, -0.1) is 23.1 Å². The van der Waals surface area contributed by atoms with E-state index in [4.69, 9.17) is 0 Å². The Morgan fingerprint density at radius 2 is 2.00 bits per heavy atom. The number of aryl methyl sites for hydroxylation is 1. The first-order chi connectivity index (χ1) is 7.79. The second kappa shape index (κ2) is 5.41. The smallest absolute Gasteiger partial charge is 0.0494 e. The molecule has 1 aromatic carbocycles. The zero-order valence-corrected chi connectivity index (χ0v) is 11.1. The summed E-state index contributed by atoms with van der Waals surface area (Å²) in [5, 5.41) is 3.48. The Morgan fingerprint density at radius 1 is 1.19 bits per heavy atom. The average molecular weight is 249 g/mol. The Bertz CT molecular complexity index is 462. The third-order valence-corrected chi connectivity index (χ3v) is 4.15. The van der Waals surface area contributed by atoms with Gasteiger partial charge in [0.15, 0.2) is 0 Å². The zero-order valence-electron chi connectivity index (χ0n) is 9.49. The maximum absolute atomic E-state index is 3.48. The van der Waals surface area contributed by atoms with Crippen molar-refractivity contribution in [2.75, 3.05) is 11.6 Å². The predicted octanol–water partition coefficient (Wildman–Crippen LogP) is 4.39. The molecule has 2 aromatic rings. The zero-order chi connectivity index (χ0) is 11.4. The number of nitrogens with one attached hydrogen (secondary N) is 1. The number of thiophene rings is 1. The standard InChI is InChI=1S/C13H15NS2/c1-10-7-8-11(16-10)9-14-12-5-3-4-6-13(12)15-2/h3-8,14H,9H2,1-2H3. The Hall–Kier alpha value is -0.930. The monoisotopic (exact) mass is 249 g/mol. The van der Waals surface area contributed by atoms with Crippen LogP contribution in [0.15, 0.2) is 41.3 Å². The minimum Gasteiger partial charge on any atom is -0.379 e. The van der Waals surface area contributed by atoms with Gasteiger partial charge in [0.1, 0.15) is 0 Å². The molecule has 0 atom stereocenters. The summed E-state index contributed by atoms with van der Waals surface area (Å²) in [7, 11) is 0. The van der Waals surface area contributed by atoms with Crippen molar-refractivity contribution < 1.29 is 0 Å². The topological polar surface area (TPSA) is 12.0 Å². The highest BCUT2D eigenvalue weighted by Crippen LogP contribution is 2.25. The molecular formula is C13H15NS2. The van der Waals surface area contributed by atoms with Crippen LogP contribution in [0.2, 0.25) is 0 Å². The SMILES string of the molecule is CSc1ccccc1NCc1ccc(C)s1. The van der Waals surface area contributed by atoms with Crippen molar-refractivity contribution in [2.45, 2.75) is 18.4 Å². The molecule has 0 fully saturated rings. The van der Waals surface area contributed by atoms with Crippen LogP contribution in [0.3, 0.4) is 0 Å². The van der Waals surface area contributed by atoms with Gasteiger partial charge in [0.2, 0.25) is 0 Å². The highest BCUT2D eigenvalue weighted by Gasteiger charge is 2.00. The van der Waals surface area contributed by atoms with Gasteiger partial charge < -0.3 is 5.32 Å². The van der Waals surface area contributed by atoms with E-state index in [1.54, 1.807) is 11.8 Å². The lowest BCUT2D eigenvalue weighted by atomic mass is 10.3. The van der Waals surface area contributed by atoms with Gasteiger partial charge in [-0.1, -0.05) is 12.1 Å². The van der Waals surface area contributed by atoms with Crippen LogP contribution in [-0.4, -0.2) is 6.26 Å². The van der Waals surface area contributed by atoms with Gasteiger partial charge in [0, 0.05) is 26.9 Å². The molecule has 84 valence electrons. The number of hydrogen-bond donors (Lipinski definition) is 1. The maximum atomic E-state index is 3.48. The molecule has 0 saturated carbocycles. The van der Waals surface area contributed by atoms with Gasteiger partial charge >= 0.3 is 0 Å². The molecule has 0 unspecified atom stereocenters. The largest absolute Gasteiger partial charge is 0.379 e. The number of thioether (sulfide) groups is 1. The number of benzene rings is 1. The van der Waals surface area contributed by atoms with Crippen LogP contribution >= 0.6 is 23.1 Å². The summed E-state index contributed by atoms with van der Waals surface area (Å²) in [5.74, 6) is 0. The summed E-state index contributed by atoms with van der Waals surface area (Å²) in [5.41, 5.74) is 1.22. The van der Waals surface area contributed by atoms with Crippen molar-refractivity contribution in [1.29, 1.82) is 0 Å². The fraction of sp³-hybridized carbons (Fsp3) is 0.231. The van der Waals surface area contributed by atoms with Crippen molar-refractivity contribution in [2.24, 2.45) is 0 Å². The van der Waals surface area contributed by atoms with E-state index in [1.807, 2.05) is 11.3 Å². The Kier molecular flexibility index (Phi) is 3.91. The average Bonchev–Trinajstić information content (AvgIpc) is 2.73. The molecule has 3 heteroatoms. The molecule has 0 amide bonds. The number of para-hydroxylation sites is 1. The lowest BCUT2D eigenvalue weighted by Crippen LogP contribution is -1.98. The van der Waals surface area contributed by atoms with Crippen LogP contribution < -0.4 is 5.32 Å². The van der Waals surface area contributed by atoms with E-state index in [1.165, 1.54) is 20.3 Å². The van der Waals surface area contributed by atoms with Crippen LogP contribution in [0.1, 0.15) is 9.75 Å². The Balaban J connectivity index is 2.04. The van der Waals surface area contributed by atoms with E-state index in [2.05, 4.69) is 54.9 Å². The minimum absolute atomic E-state index is 0.913. The summed E-state index contributed by atoms with van der Waals surface area (Å²) in [6.45, 7) is 3.06. The normalized spacial score (nSPS) is 10.4. The van der Waals surface area contributed by atoms with Gasteiger partial charge in [0.05, 0.1) is 0 Å². The lowest BCUT2D eigenvalue weighted by Gasteiger charge is -2.08. The molecule has 0 spiro atoms. The lowest BCUT2D eigenvalue weighted by molar-refractivity contribution is 1.17. The Labute approximate surface area is 105 Å². The summed E-state index contributed by atoms with van der Waals surface area (Å²) in [4.78, 5) is 4.05. The van der Waals surface area contributed by atoms with Crippen LogP contribution in [-0.2, 0) is 6.54 Å². The predicted molar refractivity (Wildman–Crippen MR) is 74.6 cm³/mol. The van der Waals surface area contributed by atoms with Gasteiger partial charge in [0.25, 0.3) is 0 Å². The number of anilines is 1. The van der Waals surface area contributed by atoms with E-state index in [9.17, 15) is 0 Å². The van der Waals surface area contributed by atoms with Gasteiger partial charge in [-0.3, -0.25) is 0 Å². The summed E-state index contributed by atoms with van der Waals surface area (Å²) in [6.07, 6.45) is 2.11. The van der Waals surface area contributed by atoms with Crippen molar-refractivity contribution in [3.8, 4) is 0 Å². The first kappa shape index (κ1) is 11.6. The fourth-order valence-electron chi connectivity index (χ4n) is 1.55. The second-order valence-electron chi connectivity index (χ2n) is 3.57. The maximum Gasteiger partial charge on any atom is 0.0494 e. The van der Waals surface area contributed by atoms with E-state index < -0.39 is 0 Å². The molecule has 16 heavy (non-hydrogen) atoms. The Morgan fingerprint density at radius 3 is 2.69 bits per heavy atom. The number of rotatable bonds is 4. The van der Waals surface area contributed by atoms with Crippen LogP contribution in [0, 0.1) is 6.92 Å². The first-order valence-corrected chi connectivity index (χ1v) is 7.26. The third-order valence-electron chi connectivity index (χ3n) is 2.36. The molecule has 0 saturated heterocycles. The minimum atomic E-state index is 0.913. The van der Waals surface area contributed by atoms with E-state index in [0.29, 0.717) is 0 Å². The summed E-state index contributed by atoms with van der Waals surface area (Å²) < 4.78 is 0. The van der Waals surface area contributed by atoms with Gasteiger partial charge in [-0.05, 0) is 37.4 Å². The van der Waals surface area contributed by atoms with Gasteiger partial charge in [-0.25, -0.2) is 0 Å². The molecule has 1 N–H and O–H groups in total. The molecule has 0 radical (unpaired) electrons. The molecule has 1 nitrogen and oxygen atoms in total. The van der Waals surface area contributed by atoms with Crippen molar-refractivity contribution in [3.05, 3.63) is 46.2 Å². The van der Waals surface area contributed by atoms with Crippen LogP contribution in [0.4, 0.5) is 5.69 Å². The molecule has 0 aliphatic carbocycles. The molecular weight excluding hydrogens is 234 g/mol. The number of hydrogen-bond acceptors (Lipinski definition) is 3. The van der Waals surface area contributed by atoms with Gasteiger partial charge in [-0.2, -0.15) is 0 Å². The molecule has 1 aromatic heterocycles. The summed E-state index contributed by atoms with van der Waals surface area (Å²) >= 11 is 3.63. The van der Waals surface area contributed by atoms with Crippen molar-refractivity contribution >= 4 is 28.8 Å². The molecule has 0 aliphatic heterocycles. The highest BCUT2D eigenvalue weighted by atomic mass is 32.2. The van der Waals surface area contributed by atoms with Crippen molar-refractivity contribution in [1.82, 2.24) is 0 Å². The molecule has 2 rings (SSSR count). The molecule has 0 bridgehead atoms. The first-order valence-electron chi connectivity index (χ1n) is 5.22. The van der Waals surface area contributed by atoms with Crippen LogP contribution in [0.5, 0.6) is 0 Å². The van der Waals surface area contributed by atoms with E-state index in [-0.39, 0.29) is 0 Å². The van der Waals surface area contributed by atoms with Crippen molar-refractivity contribution in [3.63, 3.8) is 0 Å². The van der Waals surface area contributed by atoms with E-state index in [0.717, 1.165) is 6.54 Å². The molecule has 0 aliphatic rings. The van der Waals surface area contributed by atoms with E-state index >= 15 is 0 Å². The molecule has 1 heterocycles. The fourth-order valence-corrected chi connectivity index (χ4v) is 2.96. The highest BCUT2D eigenvalue weighted by molar-refractivity contribution is 7.98. The second-order valence-corrected chi connectivity index (χ2v) is 5.79. The van der Waals surface area contributed by atoms with Crippen LogP contribution in [0.25, 0.3) is 0 Å².